The van der Waals surface area contributed by atoms with Gasteiger partial charge in [0.1, 0.15) is 0 Å². The Balaban J connectivity index is 1.74. The van der Waals surface area contributed by atoms with E-state index in [9.17, 15) is 0 Å². The molecule has 11 heavy (non-hydrogen) atoms. The van der Waals surface area contributed by atoms with Gasteiger partial charge < -0.3 is 5.32 Å². The smallest absolute Gasteiger partial charge is 0.00488 e. The fourth-order valence-corrected chi connectivity index (χ4v) is 1.59. The van der Waals surface area contributed by atoms with Crippen LogP contribution in [0.4, 0.5) is 0 Å². The zero-order valence-corrected chi connectivity index (χ0v) is 7.90. The summed E-state index contributed by atoms with van der Waals surface area (Å²) < 4.78 is 0. The van der Waals surface area contributed by atoms with Gasteiger partial charge in [0.2, 0.25) is 0 Å². The number of hydrogen-bond donors (Lipinski definition) is 1. The third-order valence-electron chi connectivity index (χ3n) is 2.63. The van der Waals surface area contributed by atoms with Crippen molar-refractivity contribution < 1.29 is 0 Å². The van der Waals surface area contributed by atoms with Gasteiger partial charge in [-0.3, -0.25) is 0 Å². The predicted molar refractivity (Wildman–Crippen MR) is 49.7 cm³/mol. The van der Waals surface area contributed by atoms with E-state index >= 15 is 0 Å². The summed E-state index contributed by atoms with van der Waals surface area (Å²) in [5.74, 6) is 2.12. The SMILES string of the molecule is CCCNCCCC1C[C@@H]1C. The average molecular weight is 155 g/mol. The third-order valence-corrected chi connectivity index (χ3v) is 2.63. The van der Waals surface area contributed by atoms with Crippen LogP contribution >= 0.6 is 0 Å². The molecule has 1 aliphatic rings. The van der Waals surface area contributed by atoms with Crippen LogP contribution in [0.5, 0.6) is 0 Å². The van der Waals surface area contributed by atoms with Crippen molar-refractivity contribution in [1.29, 1.82) is 0 Å². The second kappa shape index (κ2) is 4.76. The lowest BCUT2D eigenvalue weighted by atomic mass is 10.2. The van der Waals surface area contributed by atoms with E-state index in [1.54, 1.807) is 0 Å². The molecule has 66 valence electrons. The summed E-state index contributed by atoms with van der Waals surface area (Å²) in [5, 5.41) is 3.43. The van der Waals surface area contributed by atoms with Crippen LogP contribution < -0.4 is 5.32 Å². The van der Waals surface area contributed by atoms with Gasteiger partial charge in [-0.2, -0.15) is 0 Å². The van der Waals surface area contributed by atoms with E-state index in [4.69, 9.17) is 0 Å². The average Bonchev–Trinajstić information content (AvgIpc) is 2.67. The van der Waals surface area contributed by atoms with Gasteiger partial charge in [0.15, 0.2) is 0 Å². The zero-order valence-electron chi connectivity index (χ0n) is 7.90. The summed E-state index contributed by atoms with van der Waals surface area (Å²) in [6.45, 7) is 7.01. The topological polar surface area (TPSA) is 12.0 Å². The van der Waals surface area contributed by atoms with Gasteiger partial charge in [0.05, 0.1) is 0 Å². The maximum atomic E-state index is 3.43. The summed E-state index contributed by atoms with van der Waals surface area (Å²) in [5.41, 5.74) is 0. The summed E-state index contributed by atoms with van der Waals surface area (Å²) in [6.07, 6.45) is 5.60. The summed E-state index contributed by atoms with van der Waals surface area (Å²) in [6, 6.07) is 0. The van der Waals surface area contributed by atoms with E-state index in [0.29, 0.717) is 0 Å². The molecule has 1 heteroatoms. The number of rotatable bonds is 6. The Bertz CT molecular complexity index is 101. The number of hydrogen-bond acceptors (Lipinski definition) is 1. The van der Waals surface area contributed by atoms with Crippen LogP contribution in [0.25, 0.3) is 0 Å². The molecule has 1 saturated carbocycles. The highest BCUT2D eigenvalue weighted by Gasteiger charge is 2.31. The van der Waals surface area contributed by atoms with E-state index < -0.39 is 0 Å². The molecular weight excluding hydrogens is 134 g/mol. The van der Waals surface area contributed by atoms with Crippen LogP contribution in [0.15, 0.2) is 0 Å². The fourth-order valence-electron chi connectivity index (χ4n) is 1.59. The molecule has 0 aliphatic heterocycles. The first-order valence-electron chi connectivity index (χ1n) is 5.05. The van der Waals surface area contributed by atoms with Crippen molar-refractivity contribution in [2.75, 3.05) is 13.1 Å². The van der Waals surface area contributed by atoms with Crippen molar-refractivity contribution >= 4 is 0 Å². The van der Waals surface area contributed by atoms with Crippen LogP contribution in [0.2, 0.25) is 0 Å². The molecule has 1 rings (SSSR count). The Hall–Kier alpha value is -0.0400. The Morgan fingerprint density at radius 2 is 2.09 bits per heavy atom. The van der Waals surface area contributed by atoms with Gasteiger partial charge in [-0.25, -0.2) is 0 Å². The molecule has 1 fully saturated rings. The molecular formula is C10H21N. The lowest BCUT2D eigenvalue weighted by Gasteiger charge is -2.01. The first-order chi connectivity index (χ1) is 5.34. The van der Waals surface area contributed by atoms with Crippen molar-refractivity contribution in [3.63, 3.8) is 0 Å². The maximum absolute atomic E-state index is 3.43. The van der Waals surface area contributed by atoms with Crippen LogP contribution in [0, 0.1) is 11.8 Å². The molecule has 0 amide bonds. The summed E-state index contributed by atoms with van der Waals surface area (Å²) >= 11 is 0. The lowest BCUT2D eigenvalue weighted by Crippen LogP contribution is -2.15. The monoisotopic (exact) mass is 155 g/mol. The molecule has 1 N–H and O–H groups in total. The molecule has 0 saturated heterocycles. The molecule has 1 unspecified atom stereocenters. The zero-order chi connectivity index (χ0) is 8.10. The van der Waals surface area contributed by atoms with Gasteiger partial charge in [0.25, 0.3) is 0 Å². The molecule has 0 bridgehead atoms. The minimum Gasteiger partial charge on any atom is -0.317 e. The van der Waals surface area contributed by atoms with E-state index in [2.05, 4.69) is 19.2 Å². The van der Waals surface area contributed by atoms with Crippen LogP contribution in [0.1, 0.15) is 39.5 Å². The Morgan fingerprint density at radius 1 is 1.36 bits per heavy atom. The molecule has 0 aromatic carbocycles. The Kier molecular flexibility index (Phi) is 3.92. The highest BCUT2D eigenvalue weighted by Crippen LogP contribution is 2.40. The lowest BCUT2D eigenvalue weighted by molar-refractivity contribution is 0.574. The highest BCUT2D eigenvalue weighted by molar-refractivity contribution is 4.81. The normalized spacial score (nSPS) is 28.9. The highest BCUT2D eigenvalue weighted by atomic mass is 14.8. The molecule has 0 spiro atoms. The minimum absolute atomic E-state index is 1.04. The third kappa shape index (κ3) is 3.76. The van der Waals surface area contributed by atoms with E-state index in [0.717, 1.165) is 11.8 Å². The van der Waals surface area contributed by atoms with Crippen molar-refractivity contribution in [3.05, 3.63) is 0 Å². The first kappa shape index (κ1) is 9.05. The van der Waals surface area contributed by atoms with Crippen LogP contribution in [-0.2, 0) is 0 Å². The van der Waals surface area contributed by atoms with Crippen LogP contribution in [-0.4, -0.2) is 13.1 Å². The number of nitrogens with one attached hydrogen (secondary N) is 1. The van der Waals surface area contributed by atoms with Gasteiger partial charge in [-0.05, 0) is 50.6 Å². The van der Waals surface area contributed by atoms with Gasteiger partial charge in [-0.1, -0.05) is 13.8 Å². The molecule has 1 aliphatic carbocycles. The fraction of sp³-hybridized carbons (Fsp3) is 1.00. The van der Waals surface area contributed by atoms with Crippen LogP contribution in [0.3, 0.4) is 0 Å². The second-order valence-electron chi connectivity index (χ2n) is 3.87. The first-order valence-corrected chi connectivity index (χ1v) is 5.05. The maximum Gasteiger partial charge on any atom is -0.00488 e. The molecule has 2 atom stereocenters. The predicted octanol–water partition coefficient (Wildman–Crippen LogP) is 2.42. The largest absolute Gasteiger partial charge is 0.317 e. The molecule has 0 heterocycles. The van der Waals surface area contributed by atoms with E-state index in [1.165, 1.54) is 38.8 Å². The van der Waals surface area contributed by atoms with Crippen molar-refractivity contribution in [3.8, 4) is 0 Å². The van der Waals surface area contributed by atoms with Gasteiger partial charge in [-0.15, -0.1) is 0 Å². The standard InChI is InChI=1S/C10H21N/c1-3-6-11-7-4-5-10-8-9(10)2/h9-11H,3-8H2,1-2H3/t9-,10?/m0/s1. The quantitative estimate of drug-likeness (QED) is 0.581. The van der Waals surface area contributed by atoms with Crippen molar-refractivity contribution in [2.45, 2.75) is 39.5 Å². The van der Waals surface area contributed by atoms with E-state index in [1.807, 2.05) is 0 Å². The van der Waals surface area contributed by atoms with E-state index in [-0.39, 0.29) is 0 Å². The second-order valence-corrected chi connectivity index (χ2v) is 3.87. The molecule has 0 radical (unpaired) electrons. The molecule has 0 aromatic rings. The summed E-state index contributed by atoms with van der Waals surface area (Å²) in [7, 11) is 0. The Labute approximate surface area is 70.6 Å². The molecule has 1 nitrogen and oxygen atoms in total. The van der Waals surface area contributed by atoms with Crippen molar-refractivity contribution in [1.82, 2.24) is 5.32 Å². The molecule has 0 aromatic heterocycles. The van der Waals surface area contributed by atoms with Gasteiger partial charge >= 0.3 is 0 Å². The summed E-state index contributed by atoms with van der Waals surface area (Å²) in [4.78, 5) is 0. The van der Waals surface area contributed by atoms with Crippen molar-refractivity contribution in [2.24, 2.45) is 11.8 Å². The minimum atomic E-state index is 1.04. The Morgan fingerprint density at radius 3 is 2.64 bits per heavy atom. The van der Waals surface area contributed by atoms with Gasteiger partial charge in [0, 0.05) is 0 Å².